The number of hydrogen-bond donors (Lipinski definition) is 2. The number of halogens is 2. The highest BCUT2D eigenvalue weighted by Crippen LogP contribution is 2.28. The van der Waals surface area contributed by atoms with Crippen LogP contribution < -0.4 is 0 Å². The van der Waals surface area contributed by atoms with Crippen molar-refractivity contribution < 1.29 is 15.0 Å². The Hall–Kier alpha value is -1.56. The summed E-state index contributed by atoms with van der Waals surface area (Å²) in [5.74, 6) is -1.15. The first-order chi connectivity index (χ1) is 9.04. The Morgan fingerprint density at radius 3 is 2.74 bits per heavy atom. The number of benzene rings is 1. The molecule has 2 N–H and O–H groups in total. The summed E-state index contributed by atoms with van der Waals surface area (Å²) in [5, 5.41) is 22.6. The number of carbonyl (C=O) groups is 1. The molecule has 0 unspecified atom stereocenters. The molecule has 2 rings (SSSR count). The molecule has 0 amide bonds. The van der Waals surface area contributed by atoms with E-state index < -0.39 is 5.97 Å². The number of rotatable bonds is 4. The molecule has 19 heavy (non-hydrogen) atoms. The molecule has 5 nitrogen and oxygen atoms in total. The molecule has 0 aliphatic rings. The first kappa shape index (κ1) is 13.9. The topological polar surface area (TPSA) is 75.3 Å². The van der Waals surface area contributed by atoms with E-state index in [-0.39, 0.29) is 18.7 Å². The SMILES string of the molecule is O=C(O)c1nn(-c2cccc(Cl)c2Cl)cc1CCO. The molecule has 1 heterocycles. The van der Waals surface area contributed by atoms with E-state index in [2.05, 4.69) is 5.10 Å². The smallest absolute Gasteiger partial charge is 0.356 e. The minimum absolute atomic E-state index is 0.106. The molecular formula is C12H10Cl2N2O3. The van der Waals surface area contributed by atoms with Gasteiger partial charge < -0.3 is 10.2 Å². The molecule has 2 aromatic rings. The van der Waals surface area contributed by atoms with Crippen molar-refractivity contribution in [1.82, 2.24) is 9.78 Å². The molecule has 0 fully saturated rings. The lowest BCUT2D eigenvalue weighted by Gasteiger charge is -2.04. The lowest BCUT2D eigenvalue weighted by atomic mass is 10.2. The van der Waals surface area contributed by atoms with Crippen LogP contribution in [0.5, 0.6) is 0 Å². The van der Waals surface area contributed by atoms with E-state index in [1.54, 1.807) is 18.2 Å². The van der Waals surface area contributed by atoms with Crippen molar-refractivity contribution in [3.63, 3.8) is 0 Å². The van der Waals surface area contributed by atoms with Crippen molar-refractivity contribution in [2.75, 3.05) is 6.61 Å². The van der Waals surface area contributed by atoms with Crippen molar-refractivity contribution >= 4 is 29.2 Å². The molecule has 0 bridgehead atoms. The maximum absolute atomic E-state index is 11.1. The summed E-state index contributed by atoms with van der Waals surface area (Å²) in [4.78, 5) is 11.1. The first-order valence-electron chi connectivity index (χ1n) is 5.41. The summed E-state index contributed by atoms with van der Waals surface area (Å²) in [6, 6.07) is 5.00. The second kappa shape index (κ2) is 5.61. The summed E-state index contributed by atoms with van der Waals surface area (Å²) in [6.45, 7) is -0.157. The third-order valence-electron chi connectivity index (χ3n) is 2.55. The van der Waals surface area contributed by atoms with Gasteiger partial charge in [-0.2, -0.15) is 5.10 Å². The summed E-state index contributed by atoms with van der Waals surface area (Å²) >= 11 is 12.0. The van der Waals surface area contributed by atoms with E-state index in [0.717, 1.165) is 0 Å². The fraction of sp³-hybridized carbons (Fsp3) is 0.167. The van der Waals surface area contributed by atoms with Crippen LogP contribution in [0.1, 0.15) is 16.1 Å². The number of carboxylic acids is 1. The fourth-order valence-corrected chi connectivity index (χ4v) is 2.07. The highest BCUT2D eigenvalue weighted by atomic mass is 35.5. The lowest BCUT2D eigenvalue weighted by molar-refractivity contribution is 0.0688. The molecule has 1 aromatic heterocycles. The monoisotopic (exact) mass is 300 g/mol. The molecule has 0 atom stereocenters. The molecule has 7 heteroatoms. The Morgan fingerprint density at radius 2 is 2.11 bits per heavy atom. The van der Waals surface area contributed by atoms with E-state index >= 15 is 0 Å². The quantitative estimate of drug-likeness (QED) is 0.909. The first-order valence-corrected chi connectivity index (χ1v) is 6.17. The summed E-state index contributed by atoms with van der Waals surface area (Å²) in [6.07, 6.45) is 1.73. The summed E-state index contributed by atoms with van der Waals surface area (Å²) < 4.78 is 1.35. The Morgan fingerprint density at radius 1 is 1.37 bits per heavy atom. The molecule has 100 valence electrons. The molecule has 0 saturated carbocycles. The number of aliphatic hydroxyl groups excluding tert-OH is 1. The molecular weight excluding hydrogens is 291 g/mol. The summed E-state index contributed by atoms with van der Waals surface area (Å²) in [7, 11) is 0. The molecule has 0 radical (unpaired) electrons. The number of aliphatic hydroxyl groups is 1. The van der Waals surface area contributed by atoms with E-state index in [1.807, 2.05) is 0 Å². The van der Waals surface area contributed by atoms with E-state index in [0.29, 0.717) is 21.3 Å². The number of aromatic carboxylic acids is 1. The van der Waals surface area contributed by atoms with Gasteiger partial charge in [-0.05, 0) is 18.6 Å². The third-order valence-corrected chi connectivity index (χ3v) is 3.36. The van der Waals surface area contributed by atoms with Gasteiger partial charge in [0.1, 0.15) is 0 Å². The zero-order valence-electron chi connectivity index (χ0n) is 9.68. The predicted octanol–water partition coefficient (Wildman–Crippen LogP) is 2.41. The zero-order chi connectivity index (χ0) is 14.0. The molecule has 1 aromatic carbocycles. The van der Waals surface area contributed by atoms with Gasteiger partial charge in [0.25, 0.3) is 0 Å². The van der Waals surface area contributed by atoms with Gasteiger partial charge in [-0.15, -0.1) is 0 Å². The second-order valence-corrected chi connectivity index (χ2v) is 4.58. The van der Waals surface area contributed by atoms with Gasteiger partial charge in [-0.25, -0.2) is 9.48 Å². The normalized spacial score (nSPS) is 10.7. The Labute approximate surface area is 119 Å². The Kier molecular flexibility index (Phi) is 4.09. The van der Waals surface area contributed by atoms with Crippen molar-refractivity contribution in [1.29, 1.82) is 0 Å². The Bertz CT molecular complexity index is 625. The van der Waals surface area contributed by atoms with Crippen LogP contribution in [0.25, 0.3) is 5.69 Å². The average molecular weight is 301 g/mol. The van der Waals surface area contributed by atoms with Gasteiger partial charge in [0.05, 0.1) is 15.7 Å². The molecule has 0 spiro atoms. The van der Waals surface area contributed by atoms with Gasteiger partial charge in [0.2, 0.25) is 0 Å². The van der Waals surface area contributed by atoms with Crippen LogP contribution in [0.15, 0.2) is 24.4 Å². The fourth-order valence-electron chi connectivity index (χ4n) is 1.69. The van der Waals surface area contributed by atoms with Gasteiger partial charge in [0, 0.05) is 18.4 Å². The van der Waals surface area contributed by atoms with Gasteiger partial charge in [0.15, 0.2) is 5.69 Å². The lowest BCUT2D eigenvalue weighted by Crippen LogP contribution is -2.04. The minimum atomic E-state index is -1.15. The van der Waals surface area contributed by atoms with Crippen LogP contribution in [0.2, 0.25) is 10.0 Å². The highest BCUT2D eigenvalue weighted by molar-refractivity contribution is 6.43. The van der Waals surface area contributed by atoms with Crippen LogP contribution in [0.4, 0.5) is 0 Å². The number of hydrogen-bond acceptors (Lipinski definition) is 3. The highest BCUT2D eigenvalue weighted by Gasteiger charge is 2.17. The Balaban J connectivity index is 2.54. The number of nitrogens with zero attached hydrogens (tertiary/aromatic N) is 2. The molecule has 0 saturated heterocycles. The molecule has 0 aliphatic heterocycles. The van der Waals surface area contributed by atoms with Crippen LogP contribution in [-0.2, 0) is 6.42 Å². The second-order valence-electron chi connectivity index (χ2n) is 3.80. The van der Waals surface area contributed by atoms with E-state index in [1.165, 1.54) is 10.9 Å². The van der Waals surface area contributed by atoms with Gasteiger partial charge in [-0.3, -0.25) is 0 Å². The minimum Gasteiger partial charge on any atom is -0.476 e. The van der Waals surface area contributed by atoms with Crippen LogP contribution in [-0.4, -0.2) is 32.6 Å². The van der Waals surface area contributed by atoms with Crippen molar-refractivity contribution in [2.45, 2.75) is 6.42 Å². The van der Waals surface area contributed by atoms with Crippen LogP contribution >= 0.6 is 23.2 Å². The average Bonchev–Trinajstić information content (AvgIpc) is 2.77. The largest absolute Gasteiger partial charge is 0.476 e. The van der Waals surface area contributed by atoms with Crippen molar-refractivity contribution in [3.05, 3.63) is 45.7 Å². The number of carboxylic acid groups (broad SMARTS) is 1. The molecule has 0 aliphatic carbocycles. The van der Waals surface area contributed by atoms with Crippen molar-refractivity contribution in [2.24, 2.45) is 0 Å². The summed E-state index contributed by atoms with van der Waals surface area (Å²) in [5.41, 5.74) is 0.817. The van der Waals surface area contributed by atoms with E-state index in [4.69, 9.17) is 33.4 Å². The predicted molar refractivity (Wildman–Crippen MR) is 71.3 cm³/mol. The van der Waals surface area contributed by atoms with Gasteiger partial charge in [-0.1, -0.05) is 29.3 Å². The maximum Gasteiger partial charge on any atom is 0.356 e. The zero-order valence-corrected chi connectivity index (χ0v) is 11.2. The van der Waals surface area contributed by atoms with Crippen LogP contribution in [0, 0.1) is 0 Å². The van der Waals surface area contributed by atoms with Crippen molar-refractivity contribution in [3.8, 4) is 5.69 Å². The maximum atomic E-state index is 11.1. The standard InChI is InChI=1S/C12H10Cl2N2O3/c13-8-2-1-3-9(10(8)14)16-6-7(4-5-17)11(15-16)12(18)19/h1-3,6,17H,4-5H2,(H,18,19). The van der Waals surface area contributed by atoms with E-state index in [9.17, 15) is 4.79 Å². The van der Waals surface area contributed by atoms with Crippen LogP contribution in [0.3, 0.4) is 0 Å². The third kappa shape index (κ3) is 2.73. The van der Waals surface area contributed by atoms with Gasteiger partial charge >= 0.3 is 5.97 Å². The number of aromatic nitrogens is 2.